The Morgan fingerprint density at radius 3 is 1.84 bits per heavy atom. The number of imidazole rings is 4. The second-order valence-corrected chi connectivity index (χ2v) is 12.8. The molecule has 2 aromatic carbocycles. The third-order valence-corrected chi connectivity index (χ3v) is 9.61. The van der Waals surface area contributed by atoms with Gasteiger partial charge in [-0.15, -0.1) is 0 Å². The van der Waals surface area contributed by atoms with Crippen molar-refractivity contribution in [1.82, 2.24) is 49.8 Å². The summed E-state index contributed by atoms with van der Waals surface area (Å²) in [7, 11) is 4.90. The number of hydrogen-bond donors (Lipinski definition) is 4. The van der Waals surface area contributed by atoms with E-state index in [4.69, 9.17) is 18.9 Å². The molecule has 0 aliphatic heterocycles. The minimum Gasteiger partial charge on any atom is -0.493 e. The zero-order valence-corrected chi connectivity index (χ0v) is 28.4. The molecule has 49 heavy (non-hydrogen) atoms. The van der Waals surface area contributed by atoms with E-state index < -0.39 is 10.8 Å². The zero-order valence-electron chi connectivity index (χ0n) is 26.7. The first-order valence-corrected chi connectivity index (χ1v) is 17.1. The van der Waals surface area contributed by atoms with Gasteiger partial charge < -0.3 is 38.9 Å². The summed E-state index contributed by atoms with van der Waals surface area (Å²) in [6.45, 7) is 0. The van der Waals surface area contributed by atoms with Crippen LogP contribution in [-0.4, -0.2) is 82.5 Å². The molecule has 0 aliphatic rings. The highest BCUT2D eigenvalue weighted by atomic mass is 32.2. The normalized spacial score (nSPS) is 11.9. The second-order valence-electron chi connectivity index (χ2n) is 10.4. The van der Waals surface area contributed by atoms with Crippen LogP contribution in [0.25, 0.3) is 44.1 Å². The highest BCUT2D eigenvalue weighted by Gasteiger charge is 2.18. The molecule has 6 heterocycles. The fraction of sp³-hybridized carbons (Fsp3) is 0.188. The monoisotopic (exact) mass is 698 g/mol. The number of pyridine rings is 2. The number of H-pyrrole nitrogens is 4. The van der Waals surface area contributed by atoms with Crippen molar-refractivity contribution in [1.29, 1.82) is 0 Å². The summed E-state index contributed by atoms with van der Waals surface area (Å²) < 4.78 is 34.0. The van der Waals surface area contributed by atoms with E-state index in [-0.39, 0.29) is 5.75 Å². The molecule has 0 amide bonds. The molecule has 0 saturated heterocycles. The Bertz CT molecular complexity index is 2340. The quantitative estimate of drug-likeness (QED) is 0.135. The van der Waals surface area contributed by atoms with Crippen LogP contribution in [0.4, 0.5) is 0 Å². The topological polar surface area (TPSA) is 194 Å². The lowest BCUT2D eigenvalue weighted by Crippen LogP contribution is -2.04. The number of nitrogens with zero attached hydrogens (tertiary/aromatic N) is 6. The summed E-state index contributed by atoms with van der Waals surface area (Å²) in [4.78, 5) is 38.7. The van der Waals surface area contributed by atoms with Crippen LogP contribution in [0.1, 0.15) is 11.4 Å². The third kappa shape index (κ3) is 6.44. The Hall–Kier alpha value is -5.68. The van der Waals surface area contributed by atoms with Crippen LogP contribution in [0.2, 0.25) is 0 Å². The fourth-order valence-electron chi connectivity index (χ4n) is 5.24. The van der Waals surface area contributed by atoms with Gasteiger partial charge in [0, 0.05) is 30.3 Å². The number of hydrogen-bond acceptors (Lipinski definition) is 12. The van der Waals surface area contributed by atoms with E-state index in [0.29, 0.717) is 45.1 Å². The van der Waals surface area contributed by atoms with Crippen molar-refractivity contribution in [2.75, 3.05) is 28.4 Å². The van der Waals surface area contributed by atoms with E-state index in [1.54, 1.807) is 70.3 Å². The van der Waals surface area contributed by atoms with Gasteiger partial charge in [-0.3, -0.25) is 14.2 Å². The van der Waals surface area contributed by atoms with Crippen LogP contribution in [0, 0.1) is 0 Å². The summed E-state index contributed by atoms with van der Waals surface area (Å²) in [6, 6.07) is 11.2. The summed E-state index contributed by atoms with van der Waals surface area (Å²) in [5.41, 5.74) is 8.34. The highest BCUT2D eigenvalue weighted by molar-refractivity contribution is 7.98. The lowest BCUT2D eigenvalue weighted by atomic mass is 10.3. The Morgan fingerprint density at radius 1 is 0.653 bits per heavy atom. The van der Waals surface area contributed by atoms with Crippen LogP contribution < -0.4 is 18.9 Å². The molecule has 0 bridgehead atoms. The Morgan fingerprint density at radius 2 is 1.22 bits per heavy atom. The number of methoxy groups -OCH3 is 4. The van der Waals surface area contributed by atoms with E-state index in [0.717, 1.165) is 49.5 Å². The van der Waals surface area contributed by atoms with Crippen molar-refractivity contribution in [3.63, 3.8) is 0 Å². The lowest BCUT2D eigenvalue weighted by Gasteiger charge is -2.10. The predicted molar refractivity (Wildman–Crippen MR) is 186 cm³/mol. The van der Waals surface area contributed by atoms with Crippen molar-refractivity contribution >= 4 is 66.7 Å². The van der Waals surface area contributed by atoms with Gasteiger partial charge in [0.1, 0.15) is 0 Å². The molecule has 0 spiro atoms. The van der Waals surface area contributed by atoms with Crippen molar-refractivity contribution in [2.24, 2.45) is 0 Å². The molecule has 0 radical (unpaired) electrons. The standard InChI is InChI=1S/C16H15N5O3S.C16H15N5O2S/c1-23-14-3-4-17-13(15(14)24-2)7-25(22)16-20-11-5-9-10(19-8-18-9)6-12(11)21-16;1-22-14-3-4-17-13(15(14)23-2)7-24-16-20-11-5-9-10(19-8-18-9)6-12(11)21-16/h3-6,8H,7H2,1-2H3,(H,18,19)(H,20,21);3-6,8H,7H2,1-2H3,(H,18,19)(H,20,21). The molecule has 8 aromatic rings. The van der Waals surface area contributed by atoms with Crippen molar-refractivity contribution in [3.05, 3.63) is 72.8 Å². The minimum atomic E-state index is -1.41. The largest absolute Gasteiger partial charge is 0.493 e. The third-order valence-electron chi connectivity index (χ3n) is 7.56. The molecule has 4 N–H and O–H groups in total. The summed E-state index contributed by atoms with van der Waals surface area (Å²) in [5, 5.41) is 1.21. The number of ether oxygens (including phenoxy) is 4. The molecule has 250 valence electrons. The number of fused-ring (bicyclic) bond motifs is 4. The van der Waals surface area contributed by atoms with Crippen LogP contribution in [0.15, 0.2) is 71.8 Å². The molecule has 17 heteroatoms. The Labute approximate surface area is 285 Å². The summed E-state index contributed by atoms with van der Waals surface area (Å²) in [5.74, 6) is 3.14. The van der Waals surface area contributed by atoms with Crippen LogP contribution >= 0.6 is 11.8 Å². The molecule has 1 atom stereocenters. The van der Waals surface area contributed by atoms with Gasteiger partial charge in [-0.05, 0) is 24.3 Å². The van der Waals surface area contributed by atoms with Gasteiger partial charge in [0.2, 0.25) is 0 Å². The first kappa shape index (κ1) is 31.9. The van der Waals surface area contributed by atoms with E-state index >= 15 is 0 Å². The molecule has 1 unspecified atom stereocenters. The number of rotatable bonds is 10. The van der Waals surface area contributed by atoms with Crippen LogP contribution in [0.5, 0.6) is 23.0 Å². The summed E-state index contributed by atoms with van der Waals surface area (Å²) >= 11 is 1.56. The predicted octanol–water partition coefficient (Wildman–Crippen LogP) is 5.30. The van der Waals surface area contributed by atoms with Gasteiger partial charge in [0.25, 0.3) is 0 Å². The molecule has 0 aliphatic carbocycles. The molecule has 0 saturated carbocycles. The molecule has 8 rings (SSSR count). The Kier molecular flexibility index (Phi) is 8.99. The lowest BCUT2D eigenvalue weighted by molar-refractivity contribution is 0.350. The van der Waals surface area contributed by atoms with E-state index in [9.17, 15) is 4.21 Å². The molecular weight excluding hydrogens is 669 g/mol. The van der Waals surface area contributed by atoms with E-state index in [2.05, 4.69) is 49.8 Å². The molecular formula is C32H30N10O5S2. The van der Waals surface area contributed by atoms with E-state index in [1.165, 1.54) is 7.11 Å². The average Bonchev–Trinajstić information content (AvgIpc) is 3.94. The number of benzene rings is 2. The maximum atomic E-state index is 12.7. The van der Waals surface area contributed by atoms with Crippen molar-refractivity contribution in [3.8, 4) is 23.0 Å². The average molecular weight is 699 g/mol. The molecule has 6 aromatic heterocycles. The maximum absolute atomic E-state index is 12.7. The maximum Gasteiger partial charge on any atom is 0.197 e. The van der Waals surface area contributed by atoms with Crippen LogP contribution in [0.3, 0.4) is 0 Å². The van der Waals surface area contributed by atoms with Gasteiger partial charge in [-0.25, -0.2) is 19.9 Å². The fourth-order valence-corrected chi connectivity index (χ4v) is 7.08. The first-order valence-electron chi connectivity index (χ1n) is 14.8. The van der Waals surface area contributed by atoms with Crippen LogP contribution in [-0.2, 0) is 22.3 Å². The van der Waals surface area contributed by atoms with Gasteiger partial charge in [0.05, 0.1) is 113 Å². The highest BCUT2D eigenvalue weighted by Crippen LogP contribution is 2.34. The first-order chi connectivity index (χ1) is 24.0. The number of thioether (sulfide) groups is 1. The molecule has 0 fully saturated rings. The summed E-state index contributed by atoms with van der Waals surface area (Å²) in [6.07, 6.45) is 6.62. The second kappa shape index (κ2) is 13.8. The number of nitrogens with one attached hydrogen (secondary N) is 4. The van der Waals surface area contributed by atoms with Gasteiger partial charge in [-0.2, -0.15) is 0 Å². The van der Waals surface area contributed by atoms with Crippen molar-refractivity contribution in [2.45, 2.75) is 21.8 Å². The number of aromatic nitrogens is 10. The Balaban J connectivity index is 0.000000154. The minimum absolute atomic E-state index is 0.163. The van der Waals surface area contributed by atoms with Gasteiger partial charge in [0.15, 0.2) is 33.3 Å². The zero-order chi connectivity index (χ0) is 33.9. The van der Waals surface area contributed by atoms with Gasteiger partial charge >= 0.3 is 0 Å². The number of aromatic amines is 4. The van der Waals surface area contributed by atoms with Gasteiger partial charge in [-0.1, -0.05) is 11.8 Å². The SMILES string of the molecule is COc1ccnc(CS(=O)c2nc3cc4nc[nH]c4cc3[nH]2)c1OC.COc1ccnc(CSc2nc3cc4nc[nH]c4cc3[nH]2)c1OC. The smallest absolute Gasteiger partial charge is 0.197 e. The van der Waals surface area contributed by atoms with Crippen molar-refractivity contribution < 1.29 is 23.2 Å². The van der Waals surface area contributed by atoms with E-state index in [1.807, 2.05) is 24.3 Å². The molecule has 15 nitrogen and oxygen atoms in total.